The molecule has 3 N–H and O–H groups in total. The first-order valence-corrected chi connectivity index (χ1v) is 6.13. The van der Waals surface area contributed by atoms with E-state index >= 15 is 0 Å². The van der Waals surface area contributed by atoms with Crippen LogP contribution in [0.5, 0.6) is 5.75 Å². The van der Waals surface area contributed by atoms with Gasteiger partial charge in [0.15, 0.2) is 0 Å². The van der Waals surface area contributed by atoms with Gasteiger partial charge in [-0.05, 0) is 30.2 Å². The summed E-state index contributed by atoms with van der Waals surface area (Å²) in [7, 11) is 3.57. The zero-order valence-electron chi connectivity index (χ0n) is 11.1. The molecule has 19 heavy (non-hydrogen) atoms. The molecule has 0 saturated heterocycles. The molecule has 1 aromatic heterocycles. The highest BCUT2D eigenvalue weighted by Gasteiger charge is 2.15. The average molecular weight is 262 g/mol. The lowest BCUT2D eigenvalue weighted by Crippen LogP contribution is -2.11. The summed E-state index contributed by atoms with van der Waals surface area (Å²) >= 11 is 0. The van der Waals surface area contributed by atoms with Gasteiger partial charge in [0, 0.05) is 36.6 Å². The van der Waals surface area contributed by atoms with Gasteiger partial charge in [0.25, 0.3) is 0 Å². The topological polar surface area (TPSA) is 77.5 Å². The SMILES string of the molecule is COc1ccc2c(c1)c(C(N)CCC(=O)O)cn2C. The highest BCUT2D eigenvalue weighted by Crippen LogP contribution is 2.30. The van der Waals surface area contributed by atoms with Crippen molar-refractivity contribution in [2.75, 3.05) is 7.11 Å². The van der Waals surface area contributed by atoms with E-state index in [2.05, 4.69) is 0 Å². The number of ether oxygens (including phenoxy) is 1. The number of carboxylic acid groups (broad SMARTS) is 1. The number of hydrogen-bond acceptors (Lipinski definition) is 3. The Balaban J connectivity index is 2.39. The van der Waals surface area contributed by atoms with E-state index in [0.29, 0.717) is 6.42 Å². The summed E-state index contributed by atoms with van der Waals surface area (Å²) in [6.07, 6.45) is 2.45. The van der Waals surface area contributed by atoms with Crippen molar-refractivity contribution in [3.63, 3.8) is 0 Å². The Labute approximate surface area is 111 Å². The maximum Gasteiger partial charge on any atom is 0.303 e. The van der Waals surface area contributed by atoms with Gasteiger partial charge in [0.2, 0.25) is 0 Å². The van der Waals surface area contributed by atoms with Crippen molar-refractivity contribution < 1.29 is 14.6 Å². The first-order valence-electron chi connectivity index (χ1n) is 6.13. The van der Waals surface area contributed by atoms with E-state index in [1.54, 1.807) is 7.11 Å². The van der Waals surface area contributed by atoms with Crippen LogP contribution in [0.25, 0.3) is 10.9 Å². The number of rotatable bonds is 5. The lowest BCUT2D eigenvalue weighted by molar-refractivity contribution is -0.137. The van der Waals surface area contributed by atoms with Crippen LogP contribution in [0.1, 0.15) is 24.4 Å². The van der Waals surface area contributed by atoms with Crippen LogP contribution >= 0.6 is 0 Å². The van der Waals surface area contributed by atoms with Gasteiger partial charge in [-0.15, -0.1) is 0 Å². The third kappa shape index (κ3) is 2.71. The molecular formula is C14H18N2O3. The van der Waals surface area contributed by atoms with E-state index in [0.717, 1.165) is 22.2 Å². The predicted octanol–water partition coefficient (Wildman–Crippen LogP) is 2.05. The minimum Gasteiger partial charge on any atom is -0.497 e. The fourth-order valence-electron chi connectivity index (χ4n) is 2.26. The van der Waals surface area contributed by atoms with Crippen LogP contribution in [0.15, 0.2) is 24.4 Å². The molecule has 1 unspecified atom stereocenters. The summed E-state index contributed by atoms with van der Waals surface area (Å²) in [5.41, 5.74) is 8.11. The van der Waals surface area contributed by atoms with Gasteiger partial charge >= 0.3 is 5.97 Å². The van der Waals surface area contributed by atoms with Crippen LogP contribution in [0.2, 0.25) is 0 Å². The molecule has 2 aromatic rings. The van der Waals surface area contributed by atoms with Gasteiger partial charge in [-0.3, -0.25) is 4.79 Å². The molecule has 0 aliphatic heterocycles. The van der Waals surface area contributed by atoms with Gasteiger partial charge in [-0.2, -0.15) is 0 Å². The summed E-state index contributed by atoms with van der Waals surface area (Å²) in [5, 5.41) is 9.74. The van der Waals surface area contributed by atoms with Crippen molar-refractivity contribution in [2.45, 2.75) is 18.9 Å². The van der Waals surface area contributed by atoms with Crippen LogP contribution < -0.4 is 10.5 Å². The largest absolute Gasteiger partial charge is 0.497 e. The second-order valence-electron chi connectivity index (χ2n) is 4.62. The van der Waals surface area contributed by atoms with Crippen molar-refractivity contribution in [1.82, 2.24) is 4.57 Å². The Hall–Kier alpha value is -2.01. The summed E-state index contributed by atoms with van der Waals surface area (Å²) in [5.74, 6) is -0.0568. The van der Waals surface area contributed by atoms with Crippen LogP contribution in [0, 0.1) is 0 Å². The first kappa shape index (κ1) is 13.4. The van der Waals surface area contributed by atoms with Crippen LogP contribution in [0.3, 0.4) is 0 Å². The fourth-order valence-corrected chi connectivity index (χ4v) is 2.26. The monoisotopic (exact) mass is 262 g/mol. The Morgan fingerprint density at radius 2 is 2.26 bits per heavy atom. The summed E-state index contributed by atoms with van der Waals surface area (Å²) < 4.78 is 7.21. The number of aliphatic carboxylic acids is 1. The standard InChI is InChI=1S/C14H18N2O3/c1-16-8-11(12(15)4-6-14(17)18)10-7-9(19-2)3-5-13(10)16/h3,5,7-8,12H,4,6,15H2,1-2H3,(H,17,18). The summed E-state index contributed by atoms with van der Waals surface area (Å²) in [4.78, 5) is 10.6. The molecule has 5 nitrogen and oxygen atoms in total. The average Bonchev–Trinajstić information content (AvgIpc) is 2.73. The molecule has 0 fully saturated rings. The second kappa shape index (κ2) is 5.32. The smallest absolute Gasteiger partial charge is 0.303 e. The lowest BCUT2D eigenvalue weighted by Gasteiger charge is -2.09. The molecule has 0 bridgehead atoms. The van der Waals surface area contributed by atoms with Crippen molar-refractivity contribution >= 4 is 16.9 Å². The van der Waals surface area contributed by atoms with E-state index in [4.69, 9.17) is 15.6 Å². The number of carboxylic acids is 1. The molecule has 1 aromatic carbocycles. The predicted molar refractivity (Wildman–Crippen MR) is 73.3 cm³/mol. The number of methoxy groups -OCH3 is 1. The molecule has 5 heteroatoms. The fraction of sp³-hybridized carbons (Fsp3) is 0.357. The normalized spacial score (nSPS) is 12.6. The van der Waals surface area contributed by atoms with E-state index < -0.39 is 5.97 Å². The number of fused-ring (bicyclic) bond motifs is 1. The van der Waals surface area contributed by atoms with Crippen molar-refractivity contribution in [1.29, 1.82) is 0 Å². The van der Waals surface area contributed by atoms with Crippen molar-refractivity contribution in [3.05, 3.63) is 30.0 Å². The number of nitrogens with zero attached hydrogens (tertiary/aromatic N) is 1. The van der Waals surface area contributed by atoms with Crippen LogP contribution in [-0.4, -0.2) is 22.8 Å². The molecule has 0 aliphatic rings. The highest BCUT2D eigenvalue weighted by molar-refractivity contribution is 5.86. The van der Waals surface area contributed by atoms with Crippen molar-refractivity contribution in [3.8, 4) is 5.75 Å². The third-order valence-corrected chi connectivity index (χ3v) is 3.30. The van der Waals surface area contributed by atoms with E-state index in [-0.39, 0.29) is 12.5 Å². The molecule has 1 heterocycles. The summed E-state index contributed by atoms with van der Waals surface area (Å²) in [6.45, 7) is 0. The second-order valence-corrected chi connectivity index (χ2v) is 4.62. The quantitative estimate of drug-likeness (QED) is 0.864. The minimum atomic E-state index is -0.826. The Kier molecular flexibility index (Phi) is 3.76. The number of aromatic nitrogens is 1. The number of benzene rings is 1. The molecule has 2 rings (SSSR count). The molecule has 0 saturated carbocycles. The van der Waals surface area contributed by atoms with Gasteiger partial charge in [0.05, 0.1) is 7.11 Å². The van der Waals surface area contributed by atoms with Gasteiger partial charge < -0.3 is 20.1 Å². The van der Waals surface area contributed by atoms with Crippen molar-refractivity contribution in [2.24, 2.45) is 12.8 Å². The van der Waals surface area contributed by atoms with Gasteiger partial charge in [0.1, 0.15) is 5.75 Å². The molecule has 0 aliphatic carbocycles. The maximum atomic E-state index is 10.6. The number of carbonyl (C=O) groups is 1. The maximum absolute atomic E-state index is 10.6. The summed E-state index contributed by atoms with van der Waals surface area (Å²) in [6, 6.07) is 5.52. The van der Waals surface area contributed by atoms with E-state index in [1.165, 1.54) is 0 Å². The zero-order valence-corrected chi connectivity index (χ0v) is 11.1. The van der Waals surface area contributed by atoms with Gasteiger partial charge in [-0.1, -0.05) is 0 Å². The molecule has 102 valence electrons. The van der Waals surface area contributed by atoms with Gasteiger partial charge in [-0.25, -0.2) is 0 Å². The number of hydrogen-bond donors (Lipinski definition) is 2. The first-order chi connectivity index (χ1) is 9.02. The highest BCUT2D eigenvalue weighted by atomic mass is 16.5. The molecule has 0 amide bonds. The van der Waals surface area contributed by atoms with Crippen LogP contribution in [-0.2, 0) is 11.8 Å². The Bertz CT molecular complexity index is 604. The number of aryl methyl sites for hydroxylation is 1. The lowest BCUT2D eigenvalue weighted by atomic mass is 10.0. The molecule has 0 spiro atoms. The molecule has 1 atom stereocenters. The number of nitrogens with two attached hydrogens (primary N) is 1. The molecular weight excluding hydrogens is 244 g/mol. The van der Waals surface area contributed by atoms with E-state index in [1.807, 2.05) is 36.0 Å². The Morgan fingerprint density at radius 1 is 1.53 bits per heavy atom. The minimum absolute atomic E-state index is 0.0710. The molecule has 0 radical (unpaired) electrons. The third-order valence-electron chi connectivity index (χ3n) is 3.30. The van der Waals surface area contributed by atoms with E-state index in [9.17, 15) is 4.79 Å². The van der Waals surface area contributed by atoms with Crippen LogP contribution in [0.4, 0.5) is 0 Å². The Morgan fingerprint density at radius 3 is 2.89 bits per heavy atom. The zero-order chi connectivity index (χ0) is 14.0.